The molecule has 6 heteroatoms. The van der Waals surface area contributed by atoms with Gasteiger partial charge in [0.05, 0.1) is 0 Å². The molecule has 0 aliphatic carbocycles. The van der Waals surface area contributed by atoms with Crippen LogP contribution in [0.15, 0.2) is 72.8 Å². The summed E-state index contributed by atoms with van der Waals surface area (Å²) in [4.78, 5) is 28.8. The lowest BCUT2D eigenvalue weighted by Gasteiger charge is -2.33. The Hall–Kier alpha value is -3.31. The third-order valence-electron chi connectivity index (χ3n) is 5.74. The second kappa shape index (κ2) is 12.1. The Kier molecular flexibility index (Phi) is 9.16. The molecule has 1 N–H and O–H groups in total. The van der Waals surface area contributed by atoms with Gasteiger partial charge in [0, 0.05) is 23.5 Å². The number of rotatable bonds is 9. The fraction of sp³-hybridized carbons (Fsp3) is 0.333. The highest BCUT2D eigenvalue weighted by Gasteiger charge is 2.32. The van der Waals surface area contributed by atoms with Crippen molar-refractivity contribution >= 4 is 23.4 Å². The maximum atomic E-state index is 13.7. The smallest absolute Gasteiger partial charge is 0.261 e. The van der Waals surface area contributed by atoms with Gasteiger partial charge in [-0.3, -0.25) is 9.59 Å². The van der Waals surface area contributed by atoms with Crippen LogP contribution in [0.3, 0.4) is 0 Å². The lowest BCUT2D eigenvalue weighted by molar-refractivity contribution is -0.143. The number of hydrogen-bond acceptors (Lipinski definition) is 3. The SMILES string of the molecule is Cc1cc(OCC(=O)N(Cc2ccccc2)C(Cc2ccccc2)C(=O)NC(C)(C)C)cc(C)c1Cl. The summed E-state index contributed by atoms with van der Waals surface area (Å²) in [5, 5.41) is 3.75. The van der Waals surface area contributed by atoms with Crippen LogP contribution in [-0.2, 0) is 22.6 Å². The molecule has 0 aromatic heterocycles. The second-order valence-electron chi connectivity index (χ2n) is 10.1. The molecule has 0 heterocycles. The van der Waals surface area contributed by atoms with Crippen molar-refractivity contribution in [3.8, 4) is 5.75 Å². The third-order valence-corrected chi connectivity index (χ3v) is 6.33. The standard InChI is InChI=1S/C30H35ClN2O3/c1-21-16-25(17-22(2)28(21)31)36-20-27(34)33(19-24-14-10-7-11-15-24)26(29(35)32-30(3,4)5)18-23-12-8-6-9-13-23/h6-17,26H,18-20H2,1-5H3,(H,32,35). The molecule has 0 spiro atoms. The molecule has 0 aliphatic rings. The van der Waals surface area contributed by atoms with Gasteiger partial charge in [0.15, 0.2) is 6.61 Å². The van der Waals surface area contributed by atoms with E-state index in [4.69, 9.17) is 16.3 Å². The number of hydrogen-bond donors (Lipinski definition) is 1. The largest absolute Gasteiger partial charge is 0.484 e. The van der Waals surface area contributed by atoms with Crippen molar-refractivity contribution < 1.29 is 14.3 Å². The molecule has 0 radical (unpaired) electrons. The Morgan fingerprint density at radius 1 is 0.917 bits per heavy atom. The second-order valence-corrected chi connectivity index (χ2v) is 10.5. The van der Waals surface area contributed by atoms with Gasteiger partial charge in [-0.05, 0) is 69.0 Å². The number of aryl methyl sites for hydroxylation is 2. The number of halogens is 1. The number of benzene rings is 3. The average molecular weight is 507 g/mol. The highest BCUT2D eigenvalue weighted by Crippen LogP contribution is 2.26. The molecule has 3 aromatic carbocycles. The summed E-state index contributed by atoms with van der Waals surface area (Å²) < 4.78 is 5.90. The van der Waals surface area contributed by atoms with Gasteiger partial charge in [0.25, 0.3) is 5.91 Å². The normalized spacial score (nSPS) is 12.1. The molecule has 5 nitrogen and oxygen atoms in total. The number of carbonyl (C=O) groups is 2. The molecule has 0 aliphatic heterocycles. The number of nitrogens with one attached hydrogen (secondary N) is 1. The zero-order valence-corrected chi connectivity index (χ0v) is 22.4. The van der Waals surface area contributed by atoms with E-state index in [9.17, 15) is 9.59 Å². The molecule has 0 saturated heterocycles. The maximum Gasteiger partial charge on any atom is 0.261 e. The third kappa shape index (κ3) is 7.85. The molecule has 2 amide bonds. The summed E-state index contributed by atoms with van der Waals surface area (Å²) in [7, 11) is 0. The minimum absolute atomic E-state index is 0.193. The van der Waals surface area contributed by atoms with E-state index in [0.29, 0.717) is 17.2 Å². The number of ether oxygens (including phenoxy) is 1. The maximum absolute atomic E-state index is 13.7. The first-order chi connectivity index (χ1) is 17.0. The van der Waals surface area contributed by atoms with Crippen LogP contribution in [0.1, 0.15) is 43.0 Å². The monoisotopic (exact) mass is 506 g/mol. The summed E-state index contributed by atoms with van der Waals surface area (Å²) in [5.74, 6) is 0.101. The Morgan fingerprint density at radius 2 is 1.44 bits per heavy atom. The van der Waals surface area contributed by atoms with Crippen LogP contribution in [0.25, 0.3) is 0 Å². The Labute approximate surface area is 219 Å². The zero-order valence-electron chi connectivity index (χ0n) is 21.7. The highest BCUT2D eigenvalue weighted by molar-refractivity contribution is 6.32. The molecule has 0 fully saturated rings. The van der Waals surface area contributed by atoms with Gasteiger partial charge >= 0.3 is 0 Å². The van der Waals surface area contributed by atoms with E-state index < -0.39 is 11.6 Å². The van der Waals surface area contributed by atoms with E-state index in [1.165, 1.54) is 0 Å². The van der Waals surface area contributed by atoms with Gasteiger partial charge < -0.3 is 15.0 Å². The van der Waals surface area contributed by atoms with Gasteiger partial charge in [-0.15, -0.1) is 0 Å². The summed E-state index contributed by atoms with van der Waals surface area (Å²) >= 11 is 6.28. The van der Waals surface area contributed by atoms with E-state index in [0.717, 1.165) is 22.3 Å². The summed E-state index contributed by atoms with van der Waals surface area (Å²) in [6.45, 7) is 9.70. The molecular formula is C30H35ClN2O3. The van der Waals surface area contributed by atoms with E-state index in [1.54, 1.807) is 4.90 Å². The van der Waals surface area contributed by atoms with Gasteiger partial charge in [-0.2, -0.15) is 0 Å². The highest BCUT2D eigenvalue weighted by atomic mass is 35.5. The topological polar surface area (TPSA) is 58.6 Å². The zero-order chi connectivity index (χ0) is 26.3. The first kappa shape index (κ1) is 27.3. The molecular weight excluding hydrogens is 472 g/mol. The van der Waals surface area contributed by atoms with E-state index in [-0.39, 0.29) is 25.0 Å². The van der Waals surface area contributed by atoms with Crippen LogP contribution in [-0.4, -0.2) is 34.9 Å². The van der Waals surface area contributed by atoms with Crippen LogP contribution in [0.5, 0.6) is 5.75 Å². The average Bonchev–Trinajstić information content (AvgIpc) is 2.83. The van der Waals surface area contributed by atoms with Crippen LogP contribution < -0.4 is 10.1 Å². The Balaban J connectivity index is 1.92. The fourth-order valence-electron chi connectivity index (χ4n) is 4.00. The van der Waals surface area contributed by atoms with E-state index in [1.807, 2.05) is 107 Å². The molecule has 190 valence electrons. The Morgan fingerprint density at radius 3 is 1.97 bits per heavy atom. The molecule has 1 unspecified atom stereocenters. The molecule has 3 aromatic rings. The molecule has 3 rings (SSSR count). The minimum Gasteiger partial charge on any atom is -0.484 e. The summed E-state index contributed by atoms with van der Waals surface area (Å²) in [5.41, 5.74) is 3.23. The fourth-order valence-corrected chi connectivity index (χ4v) is 4.11. The van der Waals surface area contributed by atoms with Crippen molar-refractivity contribution in [2.45, 2.75) is 59.2 Å². The van der Waals surface area contributed by atoms with Gasteiger partial charge in [0.1, 0.15) is 11.8 Å². The van der Waals surface area contributed by atoms with Crippen molar-refractivity contribution in [2.75, 3.05) is 6.61 Å². The van der Waals surface area contributed by atoms with Crippen molar-refractivity contribution in [3.05, 3.63) is 100 Å². The predicted octanol–water partition coefficient (Wildman–Crippen LogP) is 5.89. The van der Waals surface area contributed by atoms with E-state index >= 15 is 0 Å². The molecule has 36 heavy (non-hydrogen) atoms. The quantitative estimate of drug-likeness (QED) is 0.393. The first-order valence-corrected chi connectivity index (χ1v) is 12.5. The van der Waals surface area contributed by atoms with E-state index in [2.05, 4.69) is 5.32 Å². The molecule has 0 saturated carbocycles. The van der Waals surface area contributed by atoms with Gasteiger partial charge in [0.2, 0.25) is 5.91 Å². The predicted molar refractivity (Wildman–Crippen MR) is 145 cm³/mol. The van der Waals surface area contributed by atoms with Gasteiger partial charge in [-0.1, -0.05) is 72.3 Å². The van der Waals surface area contributed by atoms with Crippen LogP contribution in [0.2, 0.25) is 5.02 Å². The van der Waals surface area contributed by atoms with Crippen molar-refractivity contribution in [1.29, 1.82) is 0 Å². The van der Waals surface area contributed by atoms with Crippen molar-refractivity contribution in [2.24, 2.45) is 0 Å². The lowest BCUT2D eigenvalue weighted by Crippen LogP contribution is -2.55. The number of carbonyl (C=O) groups excluding carboxylic acids is 2. The minimum atomic E-state index is -0.711. The molecule has 0 bridgehead atoms. The summed E-state index contributed by atoms with van der Waals surface area (Å²) in [6.07, 6.45) is 0.389. The first-order valence-electron chi connectivity index (χ1n) is 12.1. The molecule has 1 atom stereocenters. The number of nitrogens with zero attached hydrogens (tertiary/aromatic N) is 1. The lowest BCUT2D eigenvalue weighted by atomic mass is 10.0. The van der Waals surface area contributed by atoms with Crippen LogP contribution in [0, 0.1) is 13.8 Å². The van der Waals surface area contributed by atoms with Crippen molar-refractivity contribution in [3.63, 3.8) is 0 Å². The van der Waals surface area contributed by atoms with Crippen LogP contribution >= 0.6 is 11.6 Å². The Bertz CT molecular complexity index is 1150. The van der Waals surface area contributed by atoms with Crippen molar-refractivity contribution in [1.82, 2.24) is 10.2 Å². The van der Waals surface area contributed by atoms with Crippen LogP contribution in [0.4, 0.5) is 0 Å². The summed E-state index contributed by atoms with van der Waals surface area (Å²) in [6, 6.07) is 22.4. The van der Waals surface area contributed by atoms with Gasteiger partial charge in [-0.25, -0.2) is 0 Å². The number of amides is 2.